The van der Waals surface area contributed by atoms with Gasteiger partial charge < -0.3 is 5.32 Å². The quantitative estimate of drug-likeness (QED) is 0.910. The summed E-state index contributed by atoms with van der Waals surface area (Å²) in [5.41, 5.74) is 1.95. The number of hydrogen-bond acceptors (Lipinski definition) is 2. The van der Waals surface area contributed by atoms with E-state index in [1.54, 1.807) is 6.07 Å². The van der Waals surface area contributed by atoms with Crippen molar-refractivity contribution in [2.24, 2.45) is 0 Å². The van der Waals surface area contributed by atoms with Crippen LogP contribution in [-0.4, -0.2) is 31.1 Å². The molecule has 4 heteroatoms. The van der Waals surface area contributed by atoms with Crippen LogP contribution in [0.15, 0.2) is 18.2 Å². The lowest BCUT2D eigenvalue weighted by atomic mass is 10.0. The average molecular weight is 273 g/mol. The number of likely N-dealkylation sites (tertiary alicyclic amines) is 1. The molecule has 1 atom stereocenters. The van der Waals surface area contributed by atoms with Crippen molar-refractivity contribution in [3.05, 3.63) is 35.1 Å². The summed E-state index contributed by atoms with van der Waals surface area (Å²) in [5.74, 6) is -0.111. The van der Waals surface area contributed by atoms with Gasteiger partial charge in [-0.2, -0.15) is 0 Å². The van der Waals surface area contributed by atoms with E-state index in [1.165, 1.54) is 18.4 Å². The average Bonchev–Trinajstić information content (AvgIpc) is 2.34. The first-order valence-electron chi connectivity index (χ1n) is 6.33. The topological polar surface area (TPSA) is 15.3 Å². The Morgan fingerprint density at radius 3 is 2.89 bits per heavy atom. The monoisotopic (exact) mass is 272 g/mol. The largest absolute Gasteiger partial charge is 0.316 e. The molecular weight excluding hydrogens is 251 g/mol. The summed E-state index contributed by atoms with van der Waals surface area (Å²) in [6.07, 6.45) is 2.50. The van der Waals surface area contributed by atoms with E-state index in [0.717, 1.165) is 25.2 Å². The van der Waals surface area contributed by atoms with E-state index in [0.29, 0.717) is 6.04 Å². The smallest absolute Gasteiger partial charge is 0.126 e. The number of piperidine rings is 1. The molecule has 2 rings (SSSR count). The van der Waals surface area contributed by atoms with Crippen molar-refractivity contribution in [1.82, 2.24) is 10.2 Å². The van der Waals surface area contributed by atoms with E-state index in [4.69, 9.17) is 0 Å². The van der Waals surface area contributed by atoms with Gasteiger partial charge >= 0.3 is 0 Å². The number of nitrogens with one attached hydrogen (secondary N) is 1. The lowest BCUT2D eigenvalue weighted by Crippen LogP contribution is -2.43. The number of halogens is 2. The Kier molecular flexibility index (Phi) is 6.06. The second-order valence-electron chi connectivity index (χ2n) is 4.95. The summed E-state index contributed by atoms with van der Waals surface area (Å²) in [4.78, 5) is 2.44. The highest BCUT2D eigenvalue weighted by Gasteiger charge is 2.18. The van der Waals surface area contributed by atoms with Crippen molar-refractivity contribution in [1.29, 1.82) is 0 Å². The first kappa shape index (κ1) is 15.4. The molecule has 1 aliphatic heterocycles. The molecule has 0 spiro atoms. The third-order valence-electron chi connectivity index (χ3n) is 3.54. The number of benzene rings is 1. The van der Waals surface area contributed by atoms with Crippen molar-refractivity contribution in [2.75, 3.05) is 20.1 Å². The highest BCUT2D eigenvalue weighted by Crippen LogP contribution is 2.15. The lowest BCUT2D eigenvalue weighted by Gasteiger charge is -2.32. The predicted molar refractivity (Wildman–Crippen MR) is 75.7 cm³/mol. The first-order chi connectivity index (χ1) is 8.19. The van der Waals surface area contributed by atoms with Gasteiger partial charge in [-0.25, -0.2) is 4.39 Å². The molecule has 0 saturated carbocycles. The number of likely N-dealkylation sites (N-methyl/N-ethyl adjacent to an activating group) is 1. The SMILES string of the molecule is CNC1CCCN(Cc2ccc(F)c(C)c2)C1.Cl. The molecule has 0 aliphatic carbocycles. The minimum Gasteiger partial charge on any atom is -0.316 e. The molecule has 0 amide bonds. The molecule has 0 aromatic heterocycles. The van der Waals surface area contributed by atoms with Gasteiger partial charge in [-0.15, -0.1) is 12.4 Å². The fourth-order valence-corrected chi connectivity index (χ4v) is 2.50. The third kappa shape index (κ3) is 3.94. The molecule has 1 aromatic carbocycles. The van der Waals surface area contributed by atoms with Crippen LogP contribution in [-0.2, 0) is 6.54 Å². The Balaban J connectivity index is 0.00000162. The van der Waals surface area contributed by atoms with Gasteiger partial charge in [0, 0.05) is 19.1 Å². The van der Waals surface area contributed by atoms with E-state index >= 15 is 0 Å². The normalized spacial score (nSPS) is 20.5. The maximum Gasteiger partial charge on any atom is 0.126 e. The second kappa shape index (κ2) is 7.07. The zero-order chi connectivity index (χ0) is 12.3. The van der Waals surface area contributed by atoms with Gasteiger partial charge in [0.2, 0.25) is 0 Å². The van der Waals surface area contributed by atoms with Gasteiger partial charge in [0.05, 0.1) is 0 Å². The molecule has 1 fully saturated rings. The summed E-state index contributed by atoms with van der Waals surface area (Å²) in [5, 5.41) is 3.34. The molecule has 1 N–H and O–H groups in total. The molecule has 18 heavy (non-hydrogen) atoms. The molecule has 2 nitrogen and oxygen atoms in total. The van der Waals surface area contributed by atoms with Crippen molar-refractivity contribution in [3.8, 4) is 0 Å². The highest BCUT2D eigenvalue weighted by molar-refractivity contribution is 5.85. The van der Waals surface area contributed by atoms with Crippen LogP contribution in [0.2, 0.25) is 0 Å². The number of rotatable bonds is 3. The van der Waals surface area contributed by atoms with Crippen molar-refractivity contribution < 1.29 is 4.39 Å². The van der Waals surface area contributed by atoms with Crippen LogP contribution >= 0.6 is 12.4 Å². The van der Waals surface area contributed by atoms with Gasteiger partial charge in [0.15, 0.2) is 0 Å². The van der Waals surface area contributed by atoms with Gasteiger partial charge in [-0.1, -0.05) is 12.1 Å². The number of hydrogen-bond donors (Lipinski definition) is 1. The van der Waals surface area contributed by atoms with E-state index in [-0.39, 0.29) is 18.2 Å². The summed E-state index contributed by atoms with van der Waals surface area (Å²) >= 11 is 0. The van der Waals surface area contributed by atoms with Gasteiger partial charge in [0.25, 0.3) is 0 Å². The third-order valence-corrected chi connectivity index (χ3v) is 3.54. The Labute approximate surface area is 115 Å². The lowest BCUT2D eigenvalue weighted by molar-refractivity contribution is 0.188. The van der Waals surface area contributed by atoms with Crippen molar-refractivity contribution >= 4 is 12.4 Å². The van der Waals surface area contributed by atoms with Gasteiger partial charge in [0.1, 0.15) is 5.82 Å². The Morgan fingerprint density at radius 2 is 2.22 bits per heavy atom. The summed E-state index contributed by atoms with van der Waals surface area (Å²) in [6.45, 7) is 4.99. The fraction of sp³-hybridized carbons (Fsp3) is 0.571. The molecule has 1 unspecified atom stereocenters. The minimum absolute atomic E-state index is 0. The van der Waals surface area contributed by atoms with Crippen LogP contribution in [0.25, 0.3) is 0 Å². The first-order valence-corrected chi connectivity index (χ1v) is 6.33. The zero-order valence-corrected chi connectivity index (χ0v) is 11.9. The number of nitrogens with zero attached hydrogens (tertiary/aromatic N) is 1. The van der Waals surface area contributed by atoms with E-state index in [9.17, 15) is 4.39 Å². The molecule has 1 saturated heterocycles. The minimum atomic E-state index is -0.111. The molecule has 0 radical (unpaired) electrons. The van der Waals surface area contributed by atoms with Crippen LogP contribution in [0.5, 0.6) is 0 Å². The Bertz CT molecular complexity index is 384. The summed E-state index contributed by atoms with van der Waals surface area (Å²) in [7, 11) is 2.02. The fourth-order valence-electron chi connectivity index (χ4n) is 2.50. The Hall–Kier alpha value is -0.640. The van der Waals surface area contributed by atoms with Crippen LogP contribution in [0.3, 0.4) is 0 Å². The standard InChI is InChI=1S/C14H21FN2.ClH/c1-11-8-12(5-6-14(11)15)9-17-7-3-4-13(10-17)16-2;/h5-6,8,13,16H,3-4,7,9-10H2,1-2H3;1H. The summed E-state index contributed by atoms with van der Waals surface area (Å²) in [6, 6.07) is 6.03. The maximum absolute atomic E-state index is 13.2. The van der Waals surface area contributed by atoms with E-state index in [2.05, 4.69) is 10.2 Å². The molecule has 1 aliphatic rings. The van der Waals surface area contributed by atoms with Gasteiger partial charge in [-0.3, -0.25) is 4.90 Å². The highest BCUT2D eigenvalue weighted by atomic mass is 35.5. The van der Waals surface area contributed by atoms with E-state index < -0.39 is 0 Å². The molecule has 0 bridgehead atoms. The van der Waals surface area contributed by atoms with Crippen LogP contribution < -0.4 is 5.32 Å². The zero-order valence-electron chi connectivity index (χ0n) is 11.1. The molecule has 102 valence electrons. The van der Waals surface area contributed by atoms with Crippen molar-refractivity contribution in [3.63, 3.8) is 0 Å². The van der Waals surface area contributed by atoms with Gasteiger partial charge in [-0.05, 0) is 50.6 Å². The van der Waals surface area contributed by atoms with Crippen LogP contribution in [0.4, 0.5) is 4.39 Å². The number of aryl methyl sites for hydroxylation is 1. The predicted octanol–water partition coefficient (Wildman–Crippen LogP) is 2.74. The summed E-state index contributed by atoms with van der Waals surface area (Å²) < 4.78 is 13.2. The van der Waals surface area contributed by atoms with E-state index in [1.807, 2.05) is 26.1 Å². The second-order valence-corrected chi connectivity index (χ2v) is 4.95. The van der Waals surface area contributed by atoms with Crippen LogP contribution in [0, 0.1) is 12.7 Å². The maximum atomic E-state index is 13.2. The molecule has 1 heterocycles. The Morgan fingerprint density at radius 1 is 1.44 bits per heavy atom. The molecular formula is C14H22ClFN2. The van der Waals surface area contributed by atoms with Crippen molar-refractivity contribution in [2.45, 2.75) is 32.4 Å². The molecule has 1 aromatic rings. The van der Waals surface area contributed by atoms with Crippen LogP contribution in [0.1, 0.15) is 24.0 Å².